The molecule has 7 heteroatoms. The van der Waals surface area contributed by atoms with Crippen LogP contribution >= 0.6 is 11.8 Å². The topological polar surface area (TPSA) is 65.1 Å². The first-order chi connectivity index (χ1) is 12.6. The van der Waals surface area contributed by atoms with Gasteiger partial charge in [0.05, 0.1) is 31.9 Å². The van der Waals surface area contributed by atoms with Crippen LogP contribution in [-0.4, -0.2) is 32.5 Å². The molecule has 2 aromatic carbocycles. The number of hydrogen-bond donors (Lipinski definition) is 0. The van der Waals surface area contributed by atoms with E-state index in [1.54, 1.807) is 62.8 Å². The summed E-state index contributed by atoms with van der Waals surface area (Å²) in [5.74, 6) is 1.33. The molecule has 26 heavy (non-hydrogen) atoms. The molecule has 134 valence electrons. The summed E-state index contributed by atoms with van der Waals surface area (Å²) in [5.41, 5.74) is 1.15. The van der Waals surface area contributed by atoms with E-state index in [9.17, 15) is 9.59 Å². The van der Waals surface area contributed by atoms with Gasteiger partial charge in [0.25, 0.3) is 11.1 Å². The Balaban J connectivity index is 1.95. The van der Waals surface area contributed by atoms with E-state index in [0.717, 1.165) is 16.7 Å². The normalized spacial score (nSPS) is 15.5. The maximum Gasteiger partial charge on any atom is 0.298 e. The van der Waals surface area contributed by atoms with Crippen molar-refractivity contribution >= 4 is 34.7 Å². The van der Waals surface area contributed by atoms with Crippen LogP contribution < -0.4 is 19.1 Å². The molecule has 3 rings (SSSR count). The lowest BCUT2D eigenvalue weighted by Crippen LogP contribution is -2.27. The maximum absolute atomic E-state index is 12.7. The van der Waals surface area contributed by atoms with Crippen LogP contribution in [0.3, 0.4) is 0 Å². The summed E-state index contributed by atoms with van der Waals surface area (Å²) >= 11 is 0.885. The van der Waals surface area contributed by atoms with Crippen LogP contribution in [0.2, 0.25) is 0 Å². The zero-order chi connectivity index (χ0) is 18.7. The average Bonchev–Trinajstić information content (AvgIpc) is 2.94. The van der Waals surface area contributed by atoms with E-state index >= 15 is 0 Å². The highest BCUT2D eigenvalue weighted by atomic mass is 32.2. The van der Waals surface area contributed by atoms with Gasteiger partial charge in [-0.3, -0.25) is 9.59 Å². The van der Waals surface area contributed by atoms with Gasteiger partial charge in [-0.2, -0.15) is 0 Å². The molecule has 0 unspecified atom stereocenters. The first-order valence-electron chi connectivity index (χ1n) is 7.72. The Morgan fingerprint density at radius 3 is 2.27 bits per heavy atom. The second-order valence-corrected chi connectivity index (χ2v) is 6.29. The molecule has 6 nitrogen and oxygen atoms in total. The van der Waals surface area contributed by atoms with Crippen LogP contribution in [0.4, 0.5) is 10.5 Å². The quantitative estimate of drug-likeness (QED) is 0.742. The van der Waals surface area contributed by atoms with Crippen molar-refractivity contribution in [2.75, 3.05) is 26.2 Å². The fourth-order valence-electron chi connectivity index (χ4n) is 2.59. The van der Waals surface area contributed by atoms with Crippen molar-refractivity contribution in [1.82, 2.24) is 0 Å². The predicted octanol–water partition coefficient (Wildman–Crippen LogP) is 3.95. The third-order valence-electron chi connectivity index (χ3n) is 3.84. The maximum atomic E-state index is 12.7. The van der Waals surface area contributed by atoms with Crippen molar-refractivity contribution < 1.29 is 23.8 Å². The van der Waals surface area contributed by atoms with E-state index in [0.29, 0.717) is 33.4 Å². The molecule has 0 bridgehead atoms. The van der Waals surface area contributed by atoms with E-state index in [2.05, 4.69) is 0 Å². The molecule has 1 saturated heterocycles. The number of hydrogen-bond acceptors (Lipinski definition) is 6. The van der Waals surface area contributed by atoms with E-state index in [1.807, 2.05) is 0 Å². The van der Waals surface area contributed by atoms with Crippen molar-refractivity contribution in [2.24, 2.45) is 0 Å². The zero-order valence-electron chi connectivity index (χ0n) is 14.5. The van der Waals surface area contributed by atoms with Gasteiger partial charge in [-0.15, -0.1) is 0 Å². The summed E-state index contributed by atoms with van der Waals surface area (Å²) < 4.78 is 15.7. The van der Waals surface area contributed by atoms with Crippen LogP contribution in [0, 0.1) is 0 Å². The Bertz CT molecular complexity index is 876. The second-order valence-electron chi connectivity index (χ2n) is 5.30. The summed E-state index contributed by atoms with van der Waals surface area (Å²) in [7, 11) is 4.62. The Morgan fingerprint density at radius 2 is 1.65 bits per heavy atom. The van der Waals surface area contributed by atoms with Gasteiger partial charge < -0.3 is 14.2 Å². The molecule has 0 atom stereocenters. The van der Waals surface area contributed by atoms with Gasteiger partial charge in [0.15, 0.2) is 11.5 Å². The van der Waals surface area contributed by atoms with Crippen molar-refractivity contribution in [3.05, 3.63) is 52.9 Å². The zero-order valence-corrected chi connectivity index (χ0v) is 15.3. The molecule has 0 aliphatic carbocycles. The van der Waals surface area contributed by atoms with Crippen LogP contribution in [0.25, 0.3) is 6.08 Å². The molecule has 0 radical (unpaired) electrons. The fraction of sp³-hybridized carbons (Fsp3) is 0.158. The standard InChI is InChI=1S/C19H17NO5S/c1-23-14-9-7-13(8-10-14)20-18(21)16(26-19(20)22)11-12-5-4-6-15(24-2)17(12)25-3/h4-11H,1-3H3/b16-11-. The summed E-state index contributed by atoms with van der Waals surface area (Å²) in [6.07, 6.45) is 1.63. The Labute approximate surface area is 155 Å². The lowest BCUT2D eigenvalue weighted by atomic mass is 10.1. The summed E-state index contributed by atoms with van der Waals surface area (Å²) in [4.78, 5) is 26.6. The Morgan fingerprint density at radius 1 is 0.923 bits per heavy atom. The van der Waals surface area contributed by atoms with Crippen LogP contribution in [-0.2, 0) is 4.79 Å². The first kappa shape index (κ1) is 17.9. The molecule has 1 fully saturated rings. The smallest absolute Gasteiger partial charge is 0.298 e. The number of carbonyl (C=O) groups is 2. The lowest BCUT2D eigenvalue weighted by Gasteiger charge is -2.13. The predicted molar refractivity (Wildman–Crippen MR) is 101 cm³/mol. The summed E-state index contributed by atoms with van der Waals surface area (Å²) in [6, 6.07) is 12.1. The van der Waals surface area contributed by atoms with E-state index in [4.69, 9.17) is 14.2 Å². The number of amides is 2. The molecule has 0 N–H and O–H groups in total. The van der Waals surface area contributed by atoms with Gasteiger partial charge >= 0.3 is 0 Å². The van der Waals surface area contributed by atoms with Gasteiger partial charge in [0.1, 0.15) is 5.75 Å². The lowest BCUT2D eigenvalue weighted by molar-refractivity contribution is -0.113. The molecule has 0 spiro atoms. The number of carbonyl (C=O) groups excluding carboxylic acids is 2. The first-order valence-corrected chi connectivity index (χ1v) is 8.53. The minimum absolute atomic E-state index is 0.317. The summed E-state index contributed by atoms with van der Waals surface area (Å²) in [6.45, 7) is 0. The Hall–Kier alpha value is -2.93. The van der Waals surface area contributed by atoms with Crippen molar-refractivity contribution in [2.45, 2.75) is 0 Å². The average molecular weight is 371 g/mol. The number of thioether (sulfide) groups is 1. The third-order valence-corrected chi connectivity index (χ3v) is 4.71. The van der Waals surface area contributed by atoms with Crippen molar-refractivity contribution in [3.63, 3.8) is 0 Å². The molecule has 1 aliphatic heterocycles. The number of methoxy groups -OCH3 is 3. The van der Waals surface area contributed by atoms with Crippen molar-refractivity contribution in [3.8, 4) is 17.2 Å². The van der Waals surface area contributed by atoms with Gasteiger partial charge in [-0.25, -0.2) is 4.90 Å². The van der Waals surface area contributed by atoms with Crippen LogP contribution in [0.15, 0.2) is 47.4 Å². The van der Waals surface area contributed by atoms with E-state index < -0.39 is 0 Å². The van der Waals surface area contributed by atoms with E-state index in [1.165, 1.54) is 7.11 Å². The van der Waals surface area contributed by atoms with Crippen LogP contribution in [0.1, 0.15) is 5.56 Å². The highest BCUT2D eigenvalue weighted by Crippen LogP contribution is 2.39. The number of imide groups is 1. The second kappa shape index (κ2) is 7.53. The molecule has 0 aromatic heterocycles. The number of nitrogens with zero attached hydrogens (tertiary/aromatic N) is 1. The third kappa shape index (κ3) is 3.25. The molecule has 2 amide bonds. The number of ether oxygens (including phenoxy) is 3. The number of anilines is 1. The monoisotopic (exact) mass is 371 g/mol. The molecule has 0 saturated carbocycles. The van der Waals surface area contributed by atoms with Gasteiger partial charge in [-0.1, -0.05) is 12.1 Å². The van der Waals surface area contributed by atoms with E-state index in [-0.39, 0.29) is 11.1 Å². The van der Waals surface area contributed by atoms with Gasteiger partial charge in [-0.05, 0) is 48.2 Å². The number of rotatable bonds is 5. The minimum Gasteiger partial charge on any atom is -0.497 e. The minimum atomic E-state index is -0.380. The Kier molecular flexibility index (Phi) is 5.18. The largest absolute Gasteiger partial charge is 0.497 e. The number of benzene rings is 2. The van der Waals surface area contributed by atoms with Crippen LogP contribution in [0.5, 0.6) is 17.2 Å². The molecule has 2 aromatic rings. The number of para-hydroxylation sites is 1. The molecular weight excluding hydrogens is 354 g/mol. The molecule has 1 heterocycles. The highest BCUT2D eigenvalue weighted by Gasteiger charge is 2.36. The summed E-state index contributed by atoms with van der Waals surface area (Å²) in [5, 5.41) is -0.353. The van der Waals surface area contributed by atoms with Gasteiger partial charge in [0, 0.05) is 5.56 Å². The fourth-order valence-corrected chi connectivity index (χ4v) is 3.42. The van der Waals surface area contributed by atoms with Gasteiger partial charge in [0.2, 0.25) is 0 Å². The molecular formula is C19H17NO5S. The SMILES string of the molecule is COc1ccc(N2C(=O)S/C(=C\c3cccc(OC)c3OC)C2=O)cc1. The highest BCUT2D eigenvalue weighted by molar-refractivity contribution is 8.19. The molecule has 1 aliphatic rings. The van der Waals surface area contributed by atoms with Crippen molar-refractivity contribution in [1.29, 1.82) is 0 Å².